The summed E-state index contributed by atoms with van der Waals surface area (Å²) in [4.78, 5) is 10.7. The van der Waals surface area contributed by atoms with Crippen LogP contribution in [0.25, 0.3) is 6.08 Å². The summed E-state index contributed by atoms with van der Waals surface area (Å²) in [7, 11) is 0. The molecule has 0 atom stereocenters. The number of nitrogens with one attached hydrogen (secondary N) is 1. The van der Waals surface area contributed by atoms with E-state index in [0.717, 1.165) is 5.69 Å². The van der Waals surface area contributed by atoms with E-state index >= 15 is 0 Å². The standard InChI is InChI=1S/C16H10ClN2O2/c17-14-4-1-11(13(9-14)10-18)7-8-19-15-5-2-12(3-6-15)16(20)21/h1-8,19H,(H,20,21). The van der Waals surface area contributed by atoms with Crippen LogP contribution in [0.3, 0.4) is 0 Å². The first-order chi connectivity index (χ1) is 10.1. The van der Waals surface area contributed by atoms with Crippen LogP contribution in [0.2, 0.25) is 5.02 Å². The molecule has 1 radical (unpaired) electrons. The van der Waals surface area contributed by atoms with E-state index in [4.69, 9.17) is 22.0 Å². The molecule has 0 heterocycles. The molecular weight excluding hydrogens is 288 g/mol. The summed E-state index contributed by atoms with van der Waals surface area (Å²) < 4.78 is 0. The van der Waals surface area contributed by atoms with Gasteiger partial charge in [0.05, 0.1) is 11.1 Å². The Morgan fingerprint density at radius 2 is 2.00 bits per heavy atom. The molecule has 0 saturated heterocycles. The molecule has 0 aliphatic carbocycles. The number of benzene rings is 2. The highest BCUT2D eigenvalue weighted by Crippen LogP contribution is 2.16. The number of carboxylic acids is 1. The van der Waals surface area contributed by atoms with Crippen LogP contribution in [0.15, 0.2) is 42.6 Å². The molecule has 2 aromatic carbocycles. The number of nitriles is 1. The molecule has 0 aromatic heterocycles. The highest BCUT2D eigenvalue weighted by Gasteiger charge is 2.01. The fourth-order valence-electron chi connectivity index (χ4n) is 1.65. The lowest BCUT2D eigenvalue weighted by molar-refractivity contribution is 0.0697. The van der Waals surface area contributed by atoms with Gasteiger partial charge in [0, 0.05) is 23.0 Å². The highest BCUT2D eigenvalue weighted by molar-refractivity contribution is 6.30. The Labute approximate surface area is 126 Å². The second-order valence-corrected chi connectivity index (χ2v) is 4.52. The van der Waals surface area contributed by atoms with Crippen LogP contribution >= 0.6 is 11.6 Å². The van der Waals surface area contributed by atoms with E-state index in [1.165, 1.54) is 12.1 Å². The Kier molecular flexibility index (Phi) is 4.60. The second kappa shape index (κ2) is 6.60. The molecule has 0 aliphatic rings. The van der Waals surface area contributed by atoms with Gasteiger partial charge in [0.25, 0.3) is 0 Å². The quantitative estimate of drug-likeness (QED) is 0.900. The van der Waals surface area contributed by atoms with Crippen molar-refractivity contribution < 1.29 is 9.90 Å². The summed E-state index contributed by atoms with van der Waals surface area (Å²) in [6.45, 7) is 0. The maximum absolute atomic E-state index is 10.7. The largest absolute Gasteiger partial charge is 0.478 e. The number of aromatic carboxylic acids is 1. The lowest BCUT2D eigenvalue weighted by Crippen LogP contribution is -1.96. The molecule has 5 heteroatoms. The Bertz CT molecular complexity index is 731. The van der Waals surface area contributed by atoms with Crippen LogP contribution in [0.5, 0.6) is 0 Å². The number of nitrogens with zero attached hydrogens (tertiary/aromatic N) is 1. The van der Waals surface area contributed by atoms with Gasteiger partial charge in [-0.3, -0.25) is 0 Å². The highest BCUT2D eigenvalue weighted by atomic mass is 35.5. The van der Waals surface area contributed by atoms with Crippen molar-refractivity contribution in [3.05, 3.63) is 70.4 Å². The summed E-state index contributed by atoms with van der Waals surface area (Å²) in [6.07, 6.45) is 3.38. The number of hydrogen-bond donors (Lipinski definition) is 2. The number of carboxylic acid groups (broad SMARTS) is 1. The SMILES string of the molecule is N#Cc1[c]c(Cl)ccc1C=CNc1ccc(C(=O)O)cc1. The van der Waals surface area contributed by atoms with E-state index in [-0.39, 0.29) is 5.56 Å². The van der Waals surface area contributed by atoms with Crippen molar-refractivity contribution in [2.24, 2.45) is 0 Å². The molecule has 21 heavy (non-hydrogen) atoms. The van der Waals surface area contributed by atoms with E-state index in [2.05, 4.69) is 11.4 Å². The summed E-state index contributed by atoms with van der Waals surface area (Å²) in [5, 5.41) is 21.2. The van der Waals surface area contributed by atoms with Crippen LogP contribution in [0.1, 0.15) is 21.5 Å². The van der Waals surface area contributed by atoms with Crippen molar-refractivity contribution in [3.8, 4) is 6.07 Å². The average molecular weight is 298 g/mol. The molecule has 0 amide bonds. The zero-order valence-corrected chi connectivity index (χ0v) is 11.6. The molecular formula is C16H10ClN2O2. The van der Waals surface area contributed by atoms with Gasteiger partial charge >= 0.3 is 5.97 Å². The van der Waals surface area contributed by atoms with Gasteiger partial charge in [-0.2, -0.15) is 5.26 Å². The molecule has 0 unspecified atom stereocenters. The van der Waals surface area contributed by atoms with Crippen molar-refractivity contribution in [2.75, 3.05) is 5.32 Å². The predicted octanol–water partition coefficient (Wildman–Crippen LogP) is 3.79. The van der Waals surface area contributed by atoms with Gasteiger partial charge in [-0.25, -0.2) is 4.79 Å². The third-order valence-electron chi connectivity index (χ3n) is 2.70. The lowest BCUT2D eigenvalue weighted by atomic mass is 10.1. The normalized spacial score (nSPS) is 10.3. The molecule has 0 saturated carbocycles. The fourth-order valence-corrected chi connectivity index (χ4v) is 1.81. The molecule has 0 spiro atoms. The number of anilines is 1. The minimum atomic E-state index is -0.965. The topological polar surface area (TPSA) is 73.1 Å². The van der Waals surface area contributed by atoms with Crippen molar-refractivity contribution in [1.82, 2.24) is 0 Å². The summed E-state index contributed by atoms with van der Waals surface area (Å²) in [5.41, 5.74) is 2.02. The van der Waals surface area contributed by atoms with E-state index < -0.39 is 5.97 Å². The van der Waals surface area contributed by atoms with Crippen LogP contribution < -0.4 is 5.32 Å². The molecule has 0 bridgehead atoms. The first-order valence-corrected chi connectivity index (χ1v) is 6.36. The van der Waals surface area contributed by atoms with Gasteiger partial charge < -0.3 is 10.4 Å². The second-order valence-electron chi connectivity index (χ2n) is 4.11. The number of halogens is 1. The average Bonchev–Trinajstić information content (AvgIpc) is 2.49. The summed E-state index contributed by atoms with van der Waals surface area (Å²) >= 11 is 5.77. The molecule has 103 valence electrons. The maximum atomic E-state index is 10.7. The van der Waals surface area contributed by atoms with E-state index in [0.29, 0.717) is 16.1 Å². The van der Waals surface area contributed by atoms with E-state index in [9.17, 15) is 4.79 Å². The monoisotopic (exact) mass is 297 g/mol. The fraction of sp³-hybridized carbons (Fsp3) is 0. The van der Waals surface area contributed by atoms with Gasteiger partial charge in [-0.15, -0.1) is 0 Å². The van der Waals surface area contributed by atoms with Gasteiger partial charge in [0.1, 0.15) is 6.07 Å². The van der Waals surface area contributed by atoms with Crippen LogP contribution in [-0.2, 0) is 0 Å². The smallest absolute Gasteiger partial charge is 0.335 e. The molecule has 2 aromatic rings. The first kappa shape index (κ1) is 14.6. The van der Waals surface area contributed by atoms with Crippen LogP contribution in [-0.4, -0.2) is 11.1 Å². The Morgan fingerprint density at radius 3 is 2.62 bits per heavy atom. The third-order valence-corrected chi connectivity index (χ3v) is 2.92. The predicted molar refractivity (Wildman–Crippen MR) is 81.1 cm³/mol. The maximum Gasteiger partial charge on any atom is 0.335 e. The van der Waals surface area contributed by atoms with Crippen molar-refractivity contribution in [2.45, 2.75) is 0 Å². The van der Waals surface area contributed by atoms with Crippen molar-refractivity contribution in [3.63, 3.8) is 0 Å². The van der Waals surface area contributed by atoms with Crippen molar-refractivity contribution >= 4 is 29.3 Å². The molecule has 4 nitrogen and oxygen atoms in total. The molecule has 0 aliphatic heterocycles. The third kappa shape index (κ3) is 3.85. The number of rotatable bonds is 4. The summed E-state index contributed by atoms with van der Waals surface area (Å²) in [5.74, 6) is -0.965. The Morgan fingerprint density at radius 1 is 1.29 bits per heavy atom. The van der Waals surface area contributed by atoms with Gasteiger partial charge in [-0.05, 0) is 42.0 Å². The van der Waals surface area contributed by atoms with Crippen LogP contribution in [0, 0.1) is 17.4 Å². The lowest BCUT2D eigenvalue weighted by Gasteiger charge is -2.02. The minimum Gasteiger partial charge on any atom is -0.478 e. The van der Waals surface area contributed by atoms with Gasteiger partial charge in [0.15, 0.2) is 0 Å². The zero-order chi connectivity index (χ0) is 15.2. The number of hydrogen-bond acceptors (Lipinski definition) is 3. The zero-order valence-electron chi connectivity index (χ0n) is 10.8. The molecule has 2 rings (SSSR count). The Balaban J connectivity index is 2.09. The van der Waals surface area contributed by atoms with E-state index in [1.807, 2.05) is 6.07 Å². The molecule has 0 fully saturated rings. The first-order valence-electron chi connectivity index (χ1n) is 5.98. The Hall–Kier alpha value is -2.77. The van der Waals surface area contributed by atoms with Crippen LogP contribution in [0.4, 0.5) is 5.69 Å². The number of carbonyl (C=O) groups is 1. The van der Waals surface area contributed by atoms with Crippen molar-refractivity contribution in [1.29, 1.82) is 5.26 Å². The van der Waals surface area contributed by atoms with E-state index in [1.54, 1.807) is 36.5 Å². The minimum absolute atomic E-state index is 0.226. The molecule has 2 N–H and O–H groups in total. The van der Waals surface area contributed by atoms with Gasteiger partial charge in [-0.1, -0.05) is 17.7 Å². The van der Waals surface area contributed by atoms with Gasteiger partial charge in [0.2, 0.25) is 0 Å². The summed E-state index contributed by atoms with van der Waals surface area (Å²) in [6, 6.07) is 14.5.